The van der Waals surface area contributed by atoms with Gasteiger partial charge in [-0.15, -0.1) is 0 Å². The van der Waals surface area contributed by atoms with Gasteiger partial charge in [-0.2, -0.15) is 0 Å². The van der Waals surface area contributed by atoms with Crippen molar-refractivity contribution in [2.24, 2.45) is 0 Å². The number of para-hydroxylation sites is 1. The number of rotatable bonds is 2. The molecule has 0 saturated carbocycles. The van der Waals surface area contributed by atoms with E-state index in [1.54, 1.807) is 7.05 Å². The van der Waals surface area contributed by atoms with Crippen LogP contribution in [0, 0.1) is 0 Å². The first kappa shape index (κ1) is 8.74. The number of carbonyl (C=O) groups is 1. The lowest BCUT2D eigenvalue weighted by molar-refractivity contribution is -0.120. The minimum Gasteiger partial charge on any atom is -0.387 e. The van der Waals surface area contributed by atoms with Crippen molar-refractivity contribution in [2.45, 2.75) is 0 Å². The molecule has 0 aliphatic rings. The number of hydrogen-bond donors (Lipinski definition) is 1. The maximum absolute atomic E-state index is 11.0. The summed E-state index contributed by atoms with van der Waals surface area (Å²) in [6, 6.07) is 9.19. The van der Waals surface area contributed by atoms with E-state index in [0.717, 1.165) is 5.69 Å². The smallest absolute Gasteiger partial charge is 0.252 e. The summed E-state index contributed by atoms with van der Waals surface area (Å²) in [5, 5.41) is 8.58. The molecular weight excluding hydrogens is 154 g/mol. The number of carbonyl (C=O) groups excluding carboxylic acids is 1. The first-order chi connectivity index (χ1) is 5.75. The quantitative estimate of drug-likeness (QED) is 0.698. The van der Waals surface area contributed by atoms with Crippen LogP contribution in [0.15, 0.2) is 30.3 Å². The maximum atomic E-state index is 11.0. The van der Waals surface area contributed by atoms with Gasteiger partial charge in [0.1, 0.15) is 6.61 Å². The maximum Gasteiger partial charge on any atom is 0.252 e. The molecule has 1 rings (SSSR count). The Bertz CT molecular complexity index is 258. The zero-order chi connectivity index (χ0) is 8.97. The Hall–Kier alpha value is -1.35. The van der Waals surface area contributed by atoms with Crippen molar-refractivity contribution in [3.8, 4) is 0 Å². The zero-order valence-electron chi connectivity index (χ0n) is 6.90. The third kappa shape index (κ3) is 1.83. The van der Waals surface area contributed by atoms with Crippen molar-refractivity contribution in [1.82, 2.24) is 0 Å². The first-order valence-corrected chi connectivity index (χ1v) is 3.68. The van der Waals surface area contributed by atoms with Crippen molar-refractivity contribution >= 4 is 11.6 Å². The molecule has 0 aliphatic carbocycles. The molecule has 0 radical (unpaired) electrons. The molecule has 1 aromatic rings. The summed E-state index contributed by atoms with van der Waals surface area (Å²) >= 11 is 0. The van der Waals surface area contributed by atoms with Crippen molar-refractivity contribution < 1.29 is 9.90 Å². The number of likely N-dealkylation sites (N-methyl/N-ethyl adjacent to an activating group) is 1. The number of hydrogen-bond acceptors (Lipinski definition) is 2. The van der Waals surface area contributed by atoms with Crippen LogP contribution >= 0.6 is 0 Å². The fraction of sp³-hybridized carbons (Fsp3) is 0.222. The van der Waals surface area contributed by atoms with Crippen LogP contribution in [0.3, 0.4) is 0 Å². The molecule has 3 heteroatoms. The number of nitrogens with zero attached hydrogens (tertiary/aromatic N) is 1. The van der Waals surface area contributed by atoms with E-state index in [1.165, 1.54) is 4.90 Å². The minimum atomic E-state index is -0.453. The largest absolute Gasteiger partial charge is 0.387 e. The second kappa shape index (κ2) is 3.88. The van der Waals surface area contributed by atoms with E-state index < -0.39 is 6.61 Å². The highest BCUT2D eigenvalue weighted by Crippen LogP contribution is 2.10. The predicted molar refractivity (Wildman–Crippen MR) is 46.9 cm³/mol. The van der Waals surface area contributed by atoms with Gasteiger partial charge in [-0.25, -0.2) is 0 Å². The molecule has 3 nitrogen and oxygen atoms in total. The molecule has 12 heavy (non-hydrogen) atoms. The van der Waals surface area contributed by atoms with E-state index in [2.05, 4.69) is 0 Å². The molecule has 1 aromatic carbocycles. The Morgan fingerprint density at radius 2 is 2.00 bits per heavy atom. The lowest BCUT2D eigenvalue weighted by atomic mass is 10.3. The molecular formula is C9H11NO2. The Labute approximate surface area is 71.2 Å². The van der Waals surface area contributed by atoms with Gasteiger partial charge in [0.05, 0.1) is 0 Å². The van der Waals surface area contributed by atoms with Crippen LogP contribution in [0.1, 0.15) is 0 Å². The van der Waals surface area contributed by atoms with Crippen LogP contribution in [0.4, 0.5) is 5.69 Å². The van der Waals surface area contributed by atoms with Crippen LogP contribution in [-0.4, -0.2) is 24.7 Å². The average Bonchev–Trinajstić information content (AvgIpc) is 2.17. The summed E-state index contributed by atoms with van der Waals surface area (Å²) in [4.78, 5) is 12.4. The second-order valence-electron chi connectivity index (χ2n) is 2.45. The SMILES string of the molecule is CN(C(=O)CO)c1ccccc1. The van der Waals surface area contributed by atoms with Crippen molar-refractivity contribution in [3.63, 3.8) is 0 Å². The van der Waals surface area contributed by atoms with Gasteiger partial charge in [0.15, 0.2) is 0 Å². The van der Waals surface area contributed by atoms with Gasteiger partial charge in [-0.1, -0.05) is 18.2 Å². The van der Waals surface area contributed by atoms with Gasteiger partial charge in [0.2, 0.25) is 0 Å². The van der Waals surface area contributed by atoms with E-state index in [1.807, 2.05) is 30.3 Å². The molecule has 0 aromatic heterocycles. The summed E-state index contributed by atoms with van der Waals surface area (Å²) < 4.78 is 0. The molecule has 0 unspecified atom stereocenters. The molecule has 64 valence electrons. The van der Waals surface area contributed by atoms with E-state index in [4.69, 9.17) is 5.11 Å². The molecule has 0 saturated heterocycles. The third-order valence-corrected chi connectivity index (χ3v) is 1.65. The minimum absolute atomic E-state index is 0.304. The highest BCUT2D eigenvalue weighted by atomic mass is 16.3. The van der Waals surface area contributed by atoms with Gasteiger partial charge < -0.3 is 10.0 Å². The molecule has 1 amide bonds. The van der Waals surface area contributed by atoms with E-state index in [0.29, 0.717) is 0 Å². The summed E-state index contributed by atoms with van der Waals surface area (Å²) in [6.07, 6.45) is 0. The zero-order valence-corrected chi connectivity index (χ0v) is 6.90. The summed E-state index contributed by atoms with van der Waals surface area (Å²) in [7, 11) is 1.63. The number of amides is 1. The topological polar surface area (TPSA) is 40.5 Å². The van der Waals surface area contributed by atoms with Gasteiger partial charge in [0, 0.05) is 12.7 Å². The van der Waals surface area contributed by atoms with Gasteiger partial charge in [0.25, 0.3) is 5.91 Å². The van der Waals surface area contributed by atoms with Crippen LogP contribution in [0.2, 0.25) is 0 Å². The predicted octanol–water partition coefficient (Wildman–Crippen LogP) is 0.642. The first-order valence-electron chi connectivity index (χ1n) is 3.68. The van der Waals surface area contributed by atoms with E-state index in [9.17, 15) is 4.79 Å². The molecule has 0 fully saturated rings. The normalized spacial score (nSPS) is 9.50. The number of aliphatic hydroxyl groups excluding tert-OH is 1. The summed E-state index contributed by atoms with van der Waals surface area (Å²) in [5.74, 6) is -0.304. The highest BCUT2D eigenvalue weighted by Gasteiger charge is 2.07. The Kier molecular flexibility index (Phi) is 2.82. The van der Waals surface area contributed by atoms with Crippen molar-refractivity contribution in [2.75, 3.05) is 18.6 Å². The average molecular weight is 165 g/mol. The monoisotopic (exact) mass is 165 g/mol. The fourth-order valence-electron chi connectivity index (χ4n) is 0.902. The van der Waals surface area contributed by atoms with Crippen molar-refractivity contribution in [3.05, 3.63) is 30.3 Å². The van der Waals surface area contributed by atoms with Gasteiger partial charge in [-0.3, -0.25) is 4.79 Å². The Balaban J connectivity index is 2.78. The Morgan fingerprint density at radius 1 is 1.42 bits per heavy atom. The molecule has 0 aliphatic heterocycles. The van der Waals surface area contributed by atoms with Crippen LogP contribution < -0.4 is 4.90 Å². The van der Waals surface area contributed by atoms with E-state index >= 15 is 0 Å². The molecule has 0 spiro atoms. The van der Waals surface area contributed by atoms with Gasteiger partial charge >= 0.3 is 0 Å². The number of benzene rings is 1. The standard InChI is InChI=1S/C9H11NO2/c1-10(9(12)7-11)8-5-3-2-4-6-8/h2-6,11H,7H2,1H3. The Morgan fingerprint density at radius 3 is 2.50 bits per heavy atom. The number of aliphatic hydroxyl groups is 1. The molecule has 1 N–H and O–H groups in total. The lowest BCUT2D eigenvalue weighted by Gasteiger charge is -2.15. The van der Waals surface area contributed by atoms with Crippen LogP contribution in [-0.2, 0) is 4.79 Å². The molecule has 0 atom stereocenters. The van der Waals surface area contributed by atoms with Crippen LogP contribution in [0.5, 0.6) is 0 Å². The summed E-state index contributed by atoms with van der Waals surface area (Å²) in [6.45, 7) is -0.453. The van der Waals surface area contributed by atoms with Gasteiger partial charge in [-0.05, 0) is 12.1 Å². The van der Waals surface area contributed by atoms with Crippen LogP contribution in [0.25, 0.3) is 0 Å². The van der Waals surface area contributed by atoms with Crippen molar-refractivity contribution in [1.29, 1.82) is 0 Å². The number of anilines is 1. The lowest BCUT2D eigenvalue weighted by Crippen LogP contribution is -2.28. The fourth-order valence-corrected chi connectivity index (χ4v) is 0.902. The molecule has 0 bridgehead atoms. The van der Waals surface area contributed by atoms with E-state index in [-0.39, 0.29) is 5.91 Å². The second-order valence-corrected chi connectivity index (χ2v) is 2.45. The highest BCUT2D eigenvalue weighted by molar-refractivity contribution is 5.93. The third-order valence-electron chi connectivity index (χ3n) is 1.65. The summed E-state index contributed by atoms with van der Waals surface area (Å²) in [5.41, 5.74) is 0.788. The molecule has 0 heterocycles.